The topological polar surface area (TPSA) is 67.2 Å². The Morgan fingerprint density at radius 1 is 1.15 bits per heavy atom. The number of aryl methyl sites for hydroxylation is 1. The monoisotopic (exact) mass is 365 g/mol. The maximum absolute atomic E-state index is 12.0. The van der Waals surface area contributed by atoms with Gasteiger partial charge in [0.25, 0.3) is 0 Å². The Bertz CT molecular complexity index is 731. The van der Waals surface area contributed by atoms with Crippen LogP contribution in [0.2, 0.25) is 0 Å². The number of unbranched alkanes of at least 4 members (excludes halogenated alkanes) is 2. The molecule has 3 rings (SSSR count). The van der Waals surface area contributed by atoms with Crippen molar-refractivity contribution in [3.05, 3.63) is 65.7 Å². The summed E-state index contributed by atoms with van der Waals surface area (Å²) < 4.78 is 0. The fourth-order valence-corrected chi connectivity index (χ4v) is 4.03. The van der Waals surface area contributed by atoms with Crippen molar-refractivity contribution in [2.45, 2.75) is 38.6 Å². The van der Waals surface area contributed by atoms with Crippen LogP contribution in [0.4, 0.5) is 5.69 Å². The number of hydrogen-bond acceptors (Lipinski definition) is 3. The molecule has 1 aliphatic heterocycles. The molecule has 0 bridgehead atoms. The van der Waals surface area contributed by atoms with Gasteiger partial charge in [-0.05, 0) is 36.1 Å². The molecule has 3 unspecified atom stereocenters. The van der Waals surface area contributed by atoms with Gasteiger partial charge < -0.3 is 16.4 Å². The molecular formula is C23H31N3O. The molecule has 1 amide bonds. The highest BCUT2D eigenvalue weighted by Crippen LogP contribution is 2.34. The van der Waals surface area contributed by atoms with E-state index in [0.29, 0.717) is 6.54 Å². The Hall–Kier alpha value is -2.33. The molecule has 2 aromatic rings. The molecule has 27 heavy (non-hydrogen) atoms. The second-order valence-corrected chi connectivity index (χ2v) is 7.52. The highest BCUT2D eigenvalue weighted by atomic mass is 16.1. The lowest BCUT2D eigenvalue weighted by Crippen LogP contribution is -2.34. The summed E-state index contributed by atoms with van der Waals surface area (Å²) in [6.45, 7) is 3.67. The molecule has 1 fully saturated rings. The van der Waals surface area contributed by atoms with Crippen LogP contribution < -0.4 is 16.4 Å². The van der Waals surface area contributed by atoms with E-state index in [1.807, 2.05) is 18.2 Å². The zero-order valence-corrected chi connectivity index (χ0v) is 16.2. The zero-order chi connectivity index (χ0) is 19.1. The second-order valence-electron chi connectivity index (χ2n) is 7.52. The van der Waals surface area contributed by atoms with Crippen molar-refractivity contribution in [2.75, 3.05) is 18.4 Å². The van der Waals surface area contributed by atoms with Gasteiger partial charge in [0, 0.05) is 24.7 Å². The van der Waals surface area contributed by atoms with Crippen LogP contribution in [0, 0.1) is 11.8 Å². The average molecular weight is 366 g/mol. The summed E-state index contributed by atoms with van der Waals surface area (Å²) in [7, 11) is 0. The molecule has 144 valence electrons. The first kappa shape index (κ1) is 19.4. The van der Waals surface area contributed by atoms with Gasteiger partial charge in [0.15, 0.2) is 0 Å². The molecule has 1 aliphatic rings. The van der Waals surface area contributed by atoms with Gasteiger partial charge in [-0.1, -0.05) is 62.2 Å². The molecule has 0 aliphatic carbocycles. The Morgan fingerprint density at radius 2 is 1.96 bits per heavy atom. The lowest BCUT2D eigenvalue weighted by atomic mass is 9.84. The SMILES string of the molecule is CCCCCc1cccc(NC(c2ccccc2)C2CNCC2C(N)=O)c1. The van der Waals surface area contributed by atoms with Crippen molar-refractivity contribution >= 4 is 11.6 Å². The summed E-state index contributed by atoms with van der Waals surface area (Å²) >= 11 is 0. The van der Waals surface area contributed by atoms with Crippen LogP contribution in [0.5, 0.6) is 0 Å². The summed E-state index contributed by atoms with van der Waals surface area (Å²) in [6, 6.07) is 19.1. The van der Waals surface area contributed by atoms with Crippen LogP contribution in [0.15, 0.2) is 54.6 Å². The molecule has 0 aromatic heterocycles. The van der Waals surface area contributed by atoms with Gasteiger partial charge in [0.2, 0.25) is 5.91 Å². The number of rotatable bonds is 9. The third-order valence-electron chi connectivity index (χ3n) is 5.53. The fraction of sp³-hybridized carbons (Fsp3) is 0.435. The van der Waals surface area contributed by atoms with Crippen LogP contribution in [0.1, 0.15) is 43.4 Å². The van der Waals surface area contributed by atoms with Crippen molar-refractivity contribution in [1.29, 1.82) is 0 Å². The zero-order valence-electron chi connectivity index (χ0n) is 16.2. The summed E-state index contributed by atoms with van der Waals surface area (Å²) in [4.78, 5) is 12.0. The number of benzene rings is 2. The van der Waals surface area contributed by atoms with E-state index in [0.717, 1.165) is 18.7 Å². The number of primary amides is 1. The van der Waals surface area contributed by atoms with Crippen molar-refractivity contribution in [3.8, 4) is 0 Å². The first-order valence-corrected chi connectivity index (χ1v) is 10.1. The minimum Gasteiger partial charge on any atom is -0.378 e. The van der Waals surface area contributed by atoms with Gasteiger partial charge >= 0.3 is 0 Å². The van der Waals surface area contributed by atoms with Crippen LogP contribution in [0.25, 0.3) is 0 Å². The van der Waals surface area contributed by atoms with E-state index in [9.17, 15) is 4.79 Å². The Kier molecular flexibility index (Phi) is 6.88. The van der Waals surface area contributed by atoms with E-state index >= 15 is 0 Å². The van der Waals surface area contributed by atoms with Gasteiger partial charge in [-0.25, -0.2) is 0 Å². The molecule has 1 heterocycles. The second kappa shape index (κ2) is 9.56. The van der Waals surface area contributed by atoms with Crippen LogP contribution in [-0.4, -0.2) is 19.0 Å². The standard InChI is InChI=1S/C23H31N3O/c1-2-3-5-9-17-10-8-13-19(14-17)26-22(18-11-6-4-7-12-18)20-15-25-16-21(20)23(24)27/h4,6-8,10-14,20-22,25-26H,2-3,5,9,15-16H2,1H3,(H2,24,27). The van der Waals surface area contributed by atoms with Crippen molar-refractivity contribution in [2.24, 2.45) is 17.6 Å². The van der Waals surface area contributed by atoms with E-state index in [4.69, 9.17) is 5.73 Å². The van der Waals surface area contributed by atoms with Crippen molar-refractivity contribution in [3.63, 3.8) is 0 Å². The molecule has 4 heteroatoms. The number of nitrogens with two attached hydrogens (primary N) is 1. The molecule has 0 spiro atoms. The third-order valence-corrected chi connectivity index (χ3v) is 5.53. The number of anilines is 1. The van der Waals surface area contributed by atoms with Gasteiger partial charge in [-0.2, -0.15) is 0 Å². The molecule has 0 radical (unpaired) electrons. The number of amides is 1. The Morgan fingerprint density at radius 3 is 2.70 bits per heavy atom. The maximum atomic E-state index is 12.0. The van der Waals surface area contributed by atoms with E-state index in [1.165, 1.54) is 30.4 Å². The van der Waals surface area contributed by atoms with Crippen LogP contribution in [-0.2, 0) is 11.2 Å². The lowest BCUT2D eigenvalue weighted by Gasteiger charge is -2.29. The Labute approximate surface area is 162 Å². The molecular weight excluding hydrogens is 334 g/mol. The first-order chi connectivity index (χ1) is 13.2. The summed E-state index contributed by atoms with van der Waals surface area (Å²) in [6.07, 6.45) is 4.82. The molecule has 4 N–H and O–H groups in total. The normalized spacial score (nSPS) is 20.3. The predicted octanol–water partition coefficient (Wildman–Crippen LogP) is 3.89. The quantitative estimate of drug-likeness (QED) is 0.591. The highest BCUT2D eigenvalue weighted by molar-refractivity contribution is 5.78. The number of carbonyl (C=O) groups excluding carboxylic acids is 1. The number of nitrogens with one attached hydrogen (secondary N) is 2. The van der Waals surface area contributed by atoms with Crippen molar-refractivity contribution < 1.29 is 4.79 Å². The summed E-state index contributed by atoms with van der Waals surface area (Å²) in [5.41, 5.74) is 9.33. The molecule has 2 aromatic carbocycles. The summed E-state index contributed by atoms with van der Waals surface area (Å²) in [5.74, 6) is -0.245. The van der Waals surface area contributed by atoms with E-state index in [2.05, 4.69) is 54.0 Å². The summed E-state index contributed by atoms with van der Waals surface area (Å²) in [5, 5.41) is 7.05. The number of hydrogen-bond donors (Lipinski definition) is 3. The molecule has 1 saturated heterocycles. The van der Waals surface area contributed by atoms with Gasteiger partial charge in [0.1, 0.15) is 0 Å². The smallest absolute Gasteiger partial charge is 0.222 e. The maximum Gasteiger partial charge on any atom is 0.222 e. The molecule has 4 nitrogen and oxygen atoms in total. The van der Waals surface area contributed by atoms with E-state index in [1.54, 1.807) is 0 Å². The number of carbonyl (C=O) groups is 1. The lowest BCUT2D eigenvalue weighted by molar-refractivity contribution is -0.122. The minimum atomic E-state index is -0.221. The highest BCUT2D eigenvalue weighted by Gasteiger charge is 2.37. The van der Waals surface area contributed by atoms with Crippen molar-refractivity contribution in [1.82, 2.24) is 5.32 Å². The largest absolute Gasteiger partial charge is 0.378 e. The van der Waals surface area contributed by atoms with E-state index in [-0.39, 0.29) is 23.8 Å². The molecule has 3 atom stereocenters. The average Bonchev–Trinajstić information content (AvgIpc) is 3.17. The molecule has 0 saturated carbocycles. The van der Waals surface area contributed by atoms with E-state index < -0.39 is 0 Å². The van der Waals surface area contributed by atoms with Crippen LogP contribution in [0.3, 0.4) is 0 Å². The first-order valence-electron chi connectivity index (χ1n) is 10.1. The predicted molar refractivity (Wildman–Crippen MR) is 112 cm³/mol. The third kappa shape index (κ3) is 5.10. The Balaban J connectivity index is 1.82. The van der Waals surface area contributed by atoms with Gasteiger partial charge in [-0.3, -0.25) is 4.79 Å². The van der Waals surface area contributed by atoms with Crippen LogP contribution >= 0.6 is 0 Å². The minimum absolute atomic E-state index is 0.0459. The van der Waals surface area contributed by atoms with Gasteiger partial charge in [-0.15, -0.1) is 0 Å². The fourth-order valence-electron chi connectivity index (χ4n) is 4.03. The van der Waals surface area contributed by atoms with Gasteiger partial charge in [0.05, 0.1) is 12.0 Å².